The van der Waals surface area contributed by atoms with Crippen molar-refractivity contribution in [2.75, 3.05) is 18.8 Å². The molecule has 0 spiro atoms. The van der Waals surface area contributed by atoms with Crippen LogP contribution in [0.3, 0.4) is 0 Å². The van der Waals surface area contributed by atoms with E-state index in [4.69, 9.17) is 5.73 Å². The summed E-state index contributed by atoms with van der Waals surface area (Å²) < 4.78 is 0. The van der Waals surface area contributed by atoms with Crippen LogP contribution in [0.2, 0.25) is 0 Å². The molecule has 96 valence electrons. The first-order valence-electron chi connectivity index (χ1n) is 6.47. The Morgan fingerprint density at radius 1 is 1.44 bits per heavy atom. The molecule has 0 aromatic carbocycles. The highest BCUT2D eigenvalue weighted by Crippen LogP contribution is 2.31. The molecular formula is C13H28N2S. The van der Waals surface area contributed by atoms with Gasteiger partial charge in [-0.15, -0.1) is 0 Å². The second kappa shape index (κ2) is 5.74. The van der Waals surface area contributed by atoms with E-state index in [9.17, 15) is 0 Å². The van der Waals surface area contributed by atoms with Crippen molar-refractivity contribution in [1.82, 2.24) is 4.90 Å². The topological polar surface area (TPSA) is 29.3 Å². The lowest BCUT2D eigenvalue weighted by atomic mass is 9.80. The Kier molecular flexibility index (Phi) is 5.14. The molecule has 0 aliphatic carbocycles. The zero-order chi connectivity index (χ0) is 12.3. The van der Waals surface area contributed by atoms with E-state index in [0.29, 0.717) is 12.1 Å². The first kappa shape index (κ1) is 14.3. The second-order valence-corrected chi connectivity index (χ2v) is 7.61. The molecule has 3 atom stereocenters. The maximum absolute atomic E-state index is 6.33. The molecule has 1 aliphatic heterocycles. The van der Waals surface area contributed by atoms with Crippen molar-refractivity contribution in [1.29, 1.82) is 0 Å². The molecule has 1 heterocycles. The molecule has 3 heteroatoms. The SMILES string of the molecule is CCC(N)C(N1CCSC(C)C1)C(C)(C)C. The van der Waals surface area contributed by atoms with Gasteiger partial charge in [0.2, 0.25) is 0 Å². The number of thioether (sulfide) groups is 1. The van der Waals surface area contributed by atoms with Crippen LogP contribution >= 0.6 is 11.8 Å². The summed E-state index contributed by atoms with van der Waals surface area (Å²) in [6, 6.07) is 0.816. The summed E-state index contributed by atoms with van der Waals surface area (Å²) in [5.41, 5.74) is 6.61. The van der Waals surface area contributed by atoms with Crippen LogP contribution in [0.25, 0.3) is 0 Å². The summed E-state index contributed by atoms with van der Waals surface area (Å²) in [6.45, 7) is 13.9. The molecule has 1 aliphatic rings. The Morgan fingerprint density at radius 3 is 2.50 bits per heavy atom. The average molecular weight is 244 g/mol. The number of nitrogens with two attached hydrogens (primary N) is 1. The molecule has 1 fully saturated rings. The standard InChI is InChI=1S/C13H28N2S/c1-6-11(14)12(13(3,4)5)15-7-8-16-10(2)9-15/h10-12H,6-9,14H2,1-5H3. The van der Waals surface area contributed by atoms with Gasteiger partial charge in [0.25, 0.3) is 0 Å². The van der Waals surface area contributed by atoms with Crippen molar-refractivity contribution in [2.24, 2.45) is 11.1 Å². The van der Waals surface area contributed by atoms with E-state index in [0.717, 1.165) is 11.7 Å². The van der Waals surface area contributed by atoms with Gasteiger partial charge >= 0.3 is 0 Å². The van der Waals surface area contributed by atoms with Crippen molar-refractivity contribution in [3.63, 3.8) is 0 Å². The molecule has 0 amide bonds. The highest BCUT2D eigenvalue weighted by atomic mass is 32.2. The molecule has 0 radical (unpaired) electrons. The summed E-state index contributed by atoms with van der Waals surface area (Å²) >= 11 is 2.09. The van der Waals surface area contributed by atoms with Crippen LogP contribution in [0, 0.1) is 5.41 Å². The summed E-state index contributed by atoms with van der Waals surface area (Å²) in [5, 5.41) is 0.752. The highest BCUT2D eigenvalue weighted by molar-refractivity contribution is 7.99. The van der Waals surface area contributed by atoms with Crippen LogP contribution in [0.5, 0.6) is 0 Å². The Labute approximate surface area is 105 Å². The predicted octanol–water partition coefficient (Wildman–Crippen LogP) is 2.58. The van der Waals surface area contributed by atoms with Crippen molar-refractivity contribution >= 4 is 11.8 Å². The Hall–Kier alpha value is 0.270. The third-order valence-electron chi connectivity index (χ3n) is 3.43. The highest BCUT2D eigenvalue weighted by Gasteiger charge is 2.36. The Balaban J connectivity index is 2.75. The Bertz CT molecular complexity index is 212. The van der Waals surface area contributed by atoms with Crippen molar-refractivity contribution < 1.29 is 0 Å². The van der Waals surface area contributed by atoms with Gasteiger partial charge in [-0.05, 0) is 11.8 Å². The van der Waals surface area contributed by atoms with Crippen LogP contribution in [-0.2, 0) is 0 Å². The van der Waals surface area contributed by atoms with Gasteiger partial charge in [0.05, 0.1) is 0 Å². The normalized spacial score (nSPS) is 27.8. The van der Waals surface area contributed by atoms with Crippen molar-refractivity contribution in [2.45, 2.75) is 58.4 Å². The van der Waals surface area contributed by atoms with E-state index >= 15 is 0 Å². The minimum atomic E-state index is 0.275. The maximum Gasteiger partial charge on any atom is 0.0296 e. The molecular weight excluding hydrogens is 216 g/mol. The van der Waals surface area contributed by atoms with Gasteiger partial charge in [-0.2, -0.15) is 11.8 Å². The number of nitrogens with zero attached hydrogens (tertiary/aromatic N) is 1. The van der Waals surface area contributed by atoms with Gasteiger partial charge in [0.15, 0.2) is 0 Å². The molecule has 2 N–H and O–H groups in total. The summed E-state index contributed by atoms with van der Waals surface area (Å²) in [6.07, 6.45) is 1.07. The molecule has 16 heavy (non-hydrogen) atoms. The van der Waals surface area contributed by atoms with Crippen molar-refractivity contribution in [3.05, 3.63) is 0 Å². The van der Waals surface area contributed by atoms with Crippen LogP contribution < -0.4 is 5.73 Å². The van der Waals surface area contributed by atoms with E-state index in [1.54, 1.807) is 0 Å². The van der Waals surface area contributed by atoms with Gasteiger partial charge in [0.1, 0.15) is 0 Å². The van der Waals surface area contributed by atoms with Crippen LogP contribution in [0.15, 0.2) is 0 Å². The van der Waals surface area contributed by atoms with E-state index in [1.807, 2.05) is 0 Å². The third-order valence-corrected chi connectivity index (χ3v) is 4.57. The van der Waals surface area contributed by atoms with E-state index < -0.39 is 0 Å². The molecule has 0 aromatic rings. The molecule has 2 nitrogen and oxygen atoms in total. The zero-order valence-corrected chi connectivity index (χ0v) is 12.3. The van der Waals surface area contributed by atoms with Gasteiger partial charge < -0.3 is 5.73 Å². The Morgan fingerprint density at radius 2 is 2.06 bits per heavy atom. The molecule has 0 saturated carbocycles. The molecule has 3 unspecified atom stereocenters. The minimum Gasteiger partial charge on any atom is -0.326 e. The van der Waals surface area contributed by atoms with E-state index in [-0.39, 0.29) is 5.41 Å². The van der Waals surface area contributed by atoms with E-state index in [1.165, 1.54) is 18.8 Å². The van der Waals surface area contributed by atoms with E-state index in [2.05, 4.69) is 51.3 Å². The van der Waals surface area contributed by atoms with Crippen molar-refractivity contribution in [3.8, 4) is 0 Å². The summed E-state index contributed by atoms with van der Waals surface area (Å²) in [5.74, 6) is 1.25. The monoisotopic (exact) mass is 244 g/mol. The summed E-state index contributed by atoms with van der Waals surface area (Å²) in [4.78, 5) is 2.62. The number of hydrogen-bond acceptors (Lipinski definition) is 3. The smallest absolute Gasteiger partial charge is 0.0296 e. The molecule has 0 bridgehead atoms. The van der Waals surface area contributed by atoms with Crippen LogP contribution in [-0.4, -0.2) is 41.1 Å². The van der Waals surface area contributed by atoms with Gasteiger partial charge in [-0.25, -0.2) is 0 Å². The van der Waals surface area contributed by atoms with Gasteiger partial charge in [-0.1, -0.05) is 34.6 Å². The fraction of sp³-hybridized carbons (Fsp3) is 1.00. The van der Waals surface area contributed by atoms with Crippen LogP contribution in [0.4, 0.5) is 0 Å². The van der Waals surface area contributed by atoms with Gasteiger partial charge in [-0.3, -0.25) is 4.90 Å². The number of rotatable bonds is 3. The number of hydrogen-bond donors (Lipinski definition) is 1. The first-order chi connectivity index (χ1) is 7.36. The lowest BCUT2D eigenvalue weighted by Crippen LogP contribution is -2.57. The maximum atomic E-state index is 6.33. The largest absolute Gasteiger partial charge is 0.326 e. The third kappa shape index (κ3) is 3.64. The predicted molar refractivity (Wildman–Crippen MR) is 75.0 cm³/mol. The lowest BCUT2D eigenvalue weighted by Gasteiger charge is -2.46. The lowest BCUT2D eigenvalue weighted by molar-refractivity contribution is 0.0802. The second-order valence-electron chi connectivity index (χ2n) is 6.06. The quantitative estimate of drug-likeness (QED) is 0.827. The molecule has 0 aromatic heterocycles. The fourth-order valence-corrected chi connectivity index (χ4v) is 3.82. The summed E-state index contributed by atoms with van der Waals surface area (Å²) in [7, 11) is 0. The fourth-order valence-electron chi connectivity index (χ4n) is 2.78. The minimum absolute atomic E-state index is 0.275. The van der Waals surface area contributed by atoms with Crippen LogP contribution in [0.1, 0.15) is 41.0 Å². The zero-order valence-electron chi connectivity index (χ0n) is 11.5. The van der Waals surface area contributed by atoms with Gasteiger partial charge in [0, 0.05) is 36.2 Å². The molecule has 1 saturated heterocycles. The average Bonchev–Trinajstić information content (AvgIpc) is 2.15. The first-order valence-corrected chi connectivity index (χ1v) is 7.52. The molecule has 1 rings (SSSR count).